The summed E-state index contributed by atoms with van der Waals surface area (Å²) in [5.74, 6) is -0.404. The summed E-state index contributed by atoms with van der Waals surface area (Å²) >= 11 is 0. The van der Waals surface area contributed by atoms with Crippen molar-refractivity contribution < 1.29 is 9.18 Å². The molecule has 0 bridgehead atoms. The highest BCUT2D eigenvalue weighted by atomic mass is 19.1. The third kappa shape index (κ3) is 2.46. The Balaban J connectivity index is 2.58. The molecule has 0 aliphatic rings. The van der Waals surface area contributed by atoms with Crippen LogP contribution in [0.1, 0.15) is 12.5 Å². The Kier molecular flexibility index (Phi) is 2.97. The zero-order valence-electron chi connectivity index (χ0n) is 6.96. The van der Waals surface area contributed by atoms with Crippen molar-refractivity contribution in [2.75, 3.05) is 0 Å². The number of Topliss-reactive ketones (excluding diaryl/α,β-unsaturated/α-hetero) is 1. The predicted molar refractivity (Wildman–Crippen MR) is 45.7 cm³/mol. The van der Waals surface area contributed by atoms with Gasteiger partial charge in [-0.1, -0.05) is 30.3 Å². The summed E-state index contributed by atoms with van der Waals surface area (Å²) in [6.45, 7) is 1.27. The van der Waals surface area contributed by atoms with Crippen LogP contribution >= 0.6 is 0 Å². The lowest BCUT2D eigenvalue weighted by Crippen LogP contribution is -2.14. The van der Waals surface area contributed by atoms with E-state index < -0.39 is 12.0 Å². The smallest absolute Gasteiger partial charge is 0.164 e. The zero-order chi connectivity index (χ0) is 8.97. The molecule has 0 unspecified atom stereocenters. The van der Waals surface area contributed by atoms with E-state index in [1.54, 1.807) is 0 Å². The lowest BCUT2D eigenvalue weighted by Gasteiger charge is -2.02. The average molecular weight is 166 g/mol. The van der Waals surface area contributed by atoms with Crippen LogP contribution in [0.4, 0.5) is 4.39 Å². The second-order valence-corrected chi connectivity index (χ2v) is 2.77. The lowest BCUT2D eigenvalue weighted by atomic mass is 10.1. The molecule has 0 aromatic heterocycles. The number of carbonyl (C=O) groups is 1. The molecule has 1 aromatic carbocycles. The predicted octanol–water partition coefficient (Wildman–Crippen LogP) is 2.16. The Hall–Kier alpha value is -1.18. The normalized spacial score (nSPS) is 12.5. The number of halogens is 1. The summed E-state index contributed by atoms with van der Waals surface area (Å²) < 4.78 is 12.9. The average Bonchev–Trinajstić information content (AvgIpc) is 2.06. The fraction of sp³-hybridized carbons (Fsp3) is 0.300. The van der Waals surface area contributed by atoms with E-state index in [-0.39, 0.29) is 6.42 Å². The van der Waals surface area contributed by atoms with Crippen LogP contribution < -0.4 is 0 Å². The van der Waals surface area contributed by atoms with Gasteiger partial charge in [-0.3, -0.25) is 4.79 Å². The van der Waals surface area contributed by atoms with Crippen molar-refractivity contribution in [3.05, 3.63) is 35.9 Å². The molecule has 0 radical (unpaired) electrons. The highest BCUT2D eigenvalue weighted by Gasteiger charge is 2.11. The summed E-state index contributed by atoms with van der Waals surface area (Å²) in [7, 11) is 0. The second kappa shape index (κ2) is 4.00. The van der Waals surface area contributed by atoms with Gasteiger partial charge < -0.3 is 0 Å². The first-order valence-corrected chi connectivity index (χ1v) is 3.88. The van der Waals surface area contributed by atoms with Gasteiger partial charge in [0.1, 0.15) is 0 Å². The topological polar surface area (TPSA) is 17.1 Å². The first-order valence-electron chi connectivity index (χ1n) is 3.88. The monoisotopic (exact) mass is 166 g/mol. The second-order valence-electron chi connectivity index (χ2n) is 2.77. The zero-order valence-corrected chi connectivity index (χ0v) is 6.96. The minimum atomic E-state index is -1.35. The van der Waals surface area contributed by atoms with E-state index in [9.17, 15) is 9.18 Å². The number of ketones is 1. The van der Waals surface area contributed by atoms with Crippen LogP contribution in [0, 0.1) is 0 Å². The molecule has 1 rings (SSSR count). The first-order chi connectivity index (χ1) is 5.70. The molecular formula is C10H11FO. The van der Waals surface area contributed by atoms with Crippen LogP contribution in [0.3, 0.4) is 0 Å². The summed E-state index contributed by atoms with van der Waals surface area (Å²) in [5, 5.41) is 0. The van der Waals surface area contributed by atoms with Crippen molar-refractivity contribution in [1.82, 2.24) is 0 Å². The standard InChI is InChI=1S/C10H11FO/c1-8(12)10(11)7-9-5-3-2-4-6-9/h2-6,10H,7H2,1H3/t10-/m0/s1. The Morgan fingerprint density at radius 2 is 2.00 bits per heavy atom. The number of hydrogen-bond donors (Lipinski definition) is 0. The number of hydrogen-bond acceptors (Lipinski definition) is 1. The van der Waals surface area contributed by atoms with E-state index in [4.69, 9.17) is 0 Å². The van der Waals surface area contributed by atoms with Gasteiger partial charge in [0.2, 0.25) is 0 Å². The summed E-state index contributed by atoms with van der Waals surface area (Å²) in [4.78, 5) is 10.6. The maximum atomic E-state index is 12.9. The maximum absolute atomic E-state index is 12.9. The fourth-order valence-electron chi connectivity index (χ4n) is 0.965. The molecule has 0 aliphatic carbocycles. The van der Waals surface area contributed by atoms with Crippen LogP contribution in [-0.2, 0) is 11.2 Å². The molecule has 2 heteroatoms. The van der Waals surface area contributed by atoms with Crippen molar-refractivity contribution in [1.29, 1.82) is 0 Å². The van der Waals surface area contributed by atoms with Gasteiger partial charge in [0, 0.05) is 6.42 Å². The first kappa shape index (κ1) is 8.91. The molecule has 0 amide bonds. The Bertz CT molecular complexity index is 256. The molecule has 1 nitrogen and oxygen atoms in total. The van der Waals surface area contributed by atoms with Gasteiger partial charge >= 0.3 is 0 Å². The van der Waals surface area contributed by atoms with Crippen LogP contribution in [0.2, 0.25) is 0 Å². The lowest BCUT2D eigenvalue weighted by molar-refractivity contribution is -0.121. The number of alkyl halides is 1. The van der Waals surface area contributed by atoms with Crippen molar-refractivity contribution in [3.63, 3.8) is 0 Å². The van der Waals surface area contributed by atoms with Crippen molar-refractivity contribution in [3.8, 4) is 0 Å². The van der Waals surface area contributed by atoms with Crippen molar-refractivity contribution in [2.45, 2.75) is 19.5 Å². The quantitative estimate of drug-likeness (QED) is 0.672. The van der Waals surface area contributed by atoms with E-state index >= 15 is 0 Å². The minimum Gasteiger partial charge on any atom is -0.297 e. The molecule has 0 N–H and O–H groups in total. The number of carbonyl (C=O) groups excluding carboxylic acids is 1. The largest absolute Gasteiger partial charge is 0.297 e. The van der Waals surface area contributed by atoms with E-state index in [0.29, 0.717) is 0 Å². The summed E-state index contributed by atoms with van der Waals surface area (Å²) in [5.41, 5.74) is 0.861. The molecule has 64 valence electrons. The molecule has 0 saturated carbocycles. The van der Waals surface area contributed by atoms with Crippen LogP contribution in [0.15, 0.2) is 30.3 Å². The van der Waals surface area contributed by atoms with Crippen LogP contribution in [0.25, 0.3) is 0 Å². The van der Waals surface area contributed by atoms with Gasteiger partial charge in [0.05, 0.1) is 0 Å². The summed E-state index contributed by atoms with van der Waals surface area (Å²) in [6.07, 6.45) is -1.16. The third-order valence-electron chi connectivity index (χ3n) is 1.70. The molecule has 1 aromatic rings. The molecular weight excluding hydrogens is 155 g/mol. The third-order valence-corrected chi connectivity index (χ3v) is 1.70. The van der Waals surface area contributed by atoms with Crippen LogP contribution in [0.5, 0.6) is 0 Å². The SMILES string of the molecule is CC(=O)[C@@H](F)Cc1ccccc1. The Morgan fingerprint density at radius 1 is 1.42 bits per heavy atom. The van der Waals surface area contributed by atoms with E-state index in [1.165, 1.54) is 6.92 Å². The molecule has 12 heavy (non-hydrogen) atoms. The number of benzene rings is 1. The Labute approximate surface area is 71.2 Å². The van der Waals surface area contributed by atoms with Gasteiger partial charge in [-0.2, -0.15) is 0 Å². The molecule has 0 aliphatic heterocycles. The summed E-state index contributed by atoms with van der Waals surface area (Å²) in [6, 6.07) is 9.17. The van der Waals surface area contributed by atoms with E-state index in [0.717, 1.165) is 5.56 Å². The van der Waals surface area contributed by atoms with E-state index in [1.807, 2.05) is 30.3 Å². The molecule has 0 saturated heterocycles. The highest BCUT2D eigenvalue weighted by molar-refractivity contribution is 5.80. The van der Waals surface area contributed by atoms with Crippen molar-refractivity contribution >= 4 is 5.78 Å². The molecule has 0 spiro atoms. The molecule has 0 fully saturated rings. The highest BCUT2D eigenvalue weighted by Crippen LogP contribution is 2.05. The maximum Gasteiger partial charge on any atom is 0.164 e. The Morgan fingerprint density at radius 3 is 2.50 bits per heavy atom. The van der Waals surface area contributed by atoms with Crippen molar-refractivity contribution in [2.24, 2.45) is 0 Å². The van der Waals surface area contributed by atoms with Gasteiger partial charge in [0.15, 0.2) is 12.0 Å². The molecule has 1 atom stereocenters. The van der Waals surface area contributed by atoms with E-state index in [2.05, 4.69) is 0 Å². The fourth-order valence-corrected chi connectivity index (χ4v) is 0.965. The van der Waals surface area contributed by atoms with Gasteiger partial charge in [-0.15, -0.1) is 0 Å². The minimum absolute atomic E-state index is 0.191. The van der Waals surface area contributed by atoms with Gasteiger partial charge in [-0.25, -0.2) is 4.39 Å². The van der Waals surface area contributed by atoms with Gasteiger partial charge in [-0.05, 0) is 12.5 Å². The molecule has 0 heterocycles. The van der Waals surface area contributed by atoms with Crippen LogP contribution in [-0.4, -0.2) is 12.0 Å². The van der Waals surface area contributed by atoms with Gasteiger partial charge in [0.25, 0.3) is 0 Å². The number of rotatable bonds is 3.